The molecule has 0 aromatic carbocycles. The lowest BCUT2D eigenvalue weighted by atomic mass is 10.2. The van der Waals surface area contributed by atoms with Crippen molar-refractivity contribution in [2.24, 2.45) is 0 Å². The molecule has 4 nitrogen and oxygen atoms in total. The van der Waals surface area contributed by atoms with E-state index in [1.807, 2.05) is 6.92 Å². The lowest BCUT2D eigenvalue weighted by Crippen LogP contribution is -2.32. The molecule has 4 heteroatoms. The fraction of sp³-hybridized carbons (Fsp3) is 1.00. The predicted octanol–water partition coefficient (Wildman–Crippen LogP) is 0.542. The molecule has 0 aromatic heterocycles. The summed E-state index contributed by atoms with van der Waals surface area (Å²) < 4.78 is 10.6. The van der Waals surface area contributed by atoms with Gasteiger partial charge < -0.3 is 19.9 Å². The van der Waals surface area contributed by atoms with Gasteiger partial charge in [-0.05, 0) is 32.7 Å². The van der Waals surface area contributed by atoms with Crippen LogP contribution in [0.2, 0.25) is 0 Å². The first-order valence-corrected chi connectivity index (χ1v) is 5.91. The lowest BCUT2D eigenvalue weighted by Gasteiger charge is -2.13. The van der Waals surface area contributed by atoms with Crippen LogP contribution in [0, 0.1) is 0 Å². The first-order valence-electron chi connectivity index (χ1n) is 5.91. The third kappa shape index (κ3) is 6.10. The van der Waals surface area contributed by atoms with E-state index in [4.69, 9.17) is 9.47 Å². The van der Waals surface area contributed by atoms with Crippen molar-refractivity contribution in [1.82, 2.24) is 5.32 Å². The Hall–Kier alpha value is -0.160. The van der Waals surface area contributed by atoms with Crippen LogP contribution in [0.4, 0.5) is 0 Å². The predicted molar refractivity (Wildman–Crippen MR) is 59.0 cm³/mol. The Morgan fingerprint density at radius 1 is 1.60 bits per heavy atom. The largest absolute Gasteiger partial charge is 0.389 e. The molecule has 1 aliphatic heterocycles. The molecule has 0 amide bonds. The number of hydrogen-bond donors (Lipinski definition) is 2. The molecule has 0 aliphatic carbocycles. The Bertz CT molecular complexity index is 149. The highest BCUT2D eigenvalue weighted by atomic mass is 16.5. The van der Waals surface area contributed by atoms with Crippen LogP contribution >= 0.6 is 0 Å². The van der Waals surface area contributed by atoms with Crippen molar-refractivity contribution in [2.75, 3.05) is 32.9 Å². The van der Waals surface area contributed by atoms with Crippen molar-refractivity contribution in [3.8, 4) is 0 Å². The van der Waals surface area contributed by atoms with Crippen molar-refractivity contribution in [3.63, 3.8) is 0 Å². The number of rotatable bonds is 8. The summed E-state index contributed by atoms with van der Waals surface area (Å²) in [6, 6.07) is 0. The maximum atomic E-state index is 9.45. The Balaban J connectivity index is 1.87. The second kappa shape index (κ2) is 8.05. The van der Waals surface area contributed by atoms with Gasteiger partial charge in [0, 0.05) is 19.8 Å². The van der Waals surface area contributed by atoms with Gasteiger partial charge in [-0.15, -0.1) is 0 Å². The molecule has 2 N–H and O–H groups in total. The highest BCUT2D eigenvalue weighted by Crippen LogP contribution is 2.14. The number of ether oxygens (including phenoxy) is 2. The highest BCUT2D eigenvalue weighted by molar-refractivity contribution is 4.67. The summed E-state index contributed by atoms with van der Waals surface area (Å²) in [5, 5.41) is 12.7. The van der Waals surface area contributed by atoms with Crippen LogP contribution in [0.5, 0.6) is 0 Å². The molecule has 2 atom stereocenters. The van der Waals surface area contributed by atoms with Gasteiger partial charge in [-0.2, -0.15) is 0 Å². The van der Waals surface area contributed by atoms with Gasteiger partial charge in [0.15, 0.2) is 0 Å². The molecule has 1 aliphatic rings. The molecule has 0 saturated carbocycles. The van der Waals surface area contributed by atoms with E-state index >= 15 is 0 Å². The van der Waals surface area contributed by atoms with Gasteiger partial charge >= 0.3 is 0 Å². The molecule has 1 fully saturated rings. The standard InChI is InChI=1S/C11H23NO3/c1-2-14-9-10(13)8-12-6-5-11-4-3-7-15-11/h10-13H,2-9H2,1H3. The van der Waals surface area contributed by atoms with E-state index in [1.165, 1.54) is 12.8 Å². The smallest absolute Gasteiger partial charge is 0.0897 e. The third-order valence-corrected chi connectivity index (χ3v) is 2.56. The van der Waals surface area contributed by atoms with Crippen LogP contribution < -0.4 is 5.32 Å². The van der Waals surface area contributed by atoms with Crippen LogP contribution in [0.25, 0.3) is 0 Å². The van der Waals surface area contributed by atoms with E-state index in [9.17, 15) is 5.11 Å². The summed E-state index contributed by atoms with van der Waals surface area (Å²) in [6.07, 6.45) is 3.46. The fourth-order valence-corrected chi connectivity index (χ4v) is 1.72. The summed E-state index contributed by atoms with van der Waals surface area (Å²) >= 11 is 0. The quantitative estimate of drug-likeness (QED) is 0.583. The molecule has 15 heavy (non-hydrogen) atoms. The van der Waals surface area contributed by atoms with E-state index < -0.39 is 6.10 Å². The second-order valence-corrected chi connectivity index (χ2v) is 3.94. The Kier molecular flexibility index (Phi) is 6.92. The topological polar surface area (TPSA) is 50.7 Å². The SMILES string of the molecule is CCOCC(O)CNCCC1CCCO1. The minimum Gasteiger partial charge on any atom is -0.389 e. The van der Waals surface area contributed by atoms with Gasteiger partial charge in [-0.25, -0.2) is 0 Å². The Morgan fingerprint density at radius 3 is 3.13 bits per heavy atom. The van der Waals surface area contributed by atoms with Gasteiger partial charge in [0.25, 0.3) is 0 Å². The summed E-state index contributed by atoms with van der Waals surface area (Å²) in [4.78, 5) is 0. The zero-order valence-corrected chi connectivity index (χ0v) is 9.58. The summed E-state index contributed by atoms with van der Waals surface area (Å²) in [7, 11) is 0. The van der Waals surface area contributed by atoms with E-state index in [0.29, 0.717) is 25.9 Å². The molecule has 2 unspecified atom stereocenters. The van der Waals surface area contributed by atoms with E-state index in [0.717, 1.165) is 19.6 Å². The van der Waals surface area contributed by atoms with Crippen molar-refractivity contribution < 1.29 is 14.6 Å². The lowest BCUT2D eigenvalue weighted by molar-refractivity contribution is 0.0419. The Labute approximate surface area is 92.0 Å². The van der Waals surface area contributed by atoms with E-state index in [2.05, 4.69) is 5.32 Å². The van der Waals surface area contributed by atoms with Crippen molar-refractivity contribution in [3.05, 3.63) is 0 Å². The molecule has 0 bridgehead atoms. The van der Waals surface area contributed by atoms with E-state index in [-0.39, 0.29) is 0 Å². The van der Waals surface area contributed by atoms with Gasteiger partial charge in [0.1, 0.15) is 0 Å². The van der Waals surface area contributed by atoms with Gasteiger partial charge in [0.05, 0.1) is 18.8 Å². The van der Waals surface area contributed by atoms with Gasteiger partial charge in [-0.1, -0.05) is 0 Å². The molecule has 1 saturated heterocycles. The maximum Gasteiger partial charge on any atom is 0.0897 e. The molecule has 1 rings (SSSR count). The molecule has 1 heterocycles. The normalized spacial score (nSPS) is 23.2. The van der Waals surface area contributed by atoms with Gasteiger partial charge in [0.2, 0.25) is 0 Å². The van der Waals surface area contributed by atoms with Crippen LogP contribution in [-0.2, 0) is 9.47 Å². The zero-order chi connectivity index (χ0) is 10.9. The second-order valence-electron chi connectivity index (χ2n) is 3.94. The van der Waals surface area contributed by atoms with Crippen LogP contribution in [0.3, 0.4) is 0 Å². The molecule has 90 valence electrons. The van der Waals surface area contributed by atoms with Crippen LogP contribution in [0.15, 0.2) is 0 Å². The summed E-state index contributed by atoms with van der Waals surface area (Å²) in [5.41, 5.74) is 0. The zero-order valence-electron chi connectivity index (χ0n) is 9.58. The highest BCUT2D eigenvalue weighted by Gasteiger charge is 2.14. The minimum absolute atomic E-state index is 0.394. The third-order valence-electron chi connectivity index (χ3n) is 2.56. The minimum atomic E-state index is -0.394. The monoisotopic (exact) mass is 217 g/mol. The van der Waals surface area contributed by atoms with E-state index in [1.54, 1.807) is 0 Å². The van der Waals surface area contributed by atoms with Crippen LogP contribution in [-0.4, -0.2) is 50.2 Å². The first kappa shape index (κ1) is 12.9. The number of hydrogen-bond acceptors (Lipinski definition) is 4. The summed E-state index contributed by atoms with van der Waals surface area (Å²) in [6.45, 7) is 5.44. The first-order chi connectivity index (χ1) is 7.33. The molecular weight excluding hydrogens is 194 g/mol. The Morgan fingerprint density at radius 2 is 2.47 bits per heavy atom. The summed E-state index contributed by atoms with van der Waals surface area (Å²) in [5.74, 6) is 0. The number of aliphatic hydroxyl groups is 1. The molecular formula is C11H23NO3. The van der Waals surface area contributed by atoms with Crippen molar-refractivity contribution >= 4 is 0 Å². The van der Waals surface area contributed by atoms with Gasteiger partial charge in [-0.3, -0.25) is 0 Å². The molecule has 0 aromatic rings. The number of aliphatic hydroxyl groups excluding tert-OH is 1. The fourth-order valence-electron chi connectivity index (χ4n) is 1.72. The average molecular weight is 217 g/mol. The maximum absolute atomic E-state index is 9.45. The number of nitrogens with one attached hydrogen (secondary N) is 1. The molecule has 0 spiro atoms. The average Bonchev–Trinajstić information content (AvgIpc) is 2.74. The van der Waals surface area contributed by atoms with Crippen molar-refractivity contribution in [2.45, 2.75) is 38.4 Å². The van der Waals surface area contributed by atoms with Crippen molar-refractivity contribution in [1.29, 1.82) is 0 Å². The van der Waals surface area contributed by atoms with Crippen LogP contribution in [0.1, 0.15) is 26.2 Å². The molecule has 0 radical (unpaired) electrons.